The van der Waals surface area contributed by atoms with Crippen LogP contribution in [0.25, 0.3) is 0 Å². The minimum absolute atomic E-state index is 0.179. The second-order valence-corrected chi connectivity index (χ2v) is 15.5. The molecule has 0 radical (unpaired) electrons. The predicted molar refractivity (Wildman–Crippen MR) is 217 cm³/mol. The van der Waals surface area contributed by atoms with Crippen molar-refractivity contribution >= 4 is 5.91 Å². The number of ether oxygens (including phenoxy) is 2. The van der Waals surface area contributed by atoms with E-state index < -0.39 is 49.5 Å². The molecule has 7 atom stereocenters. The summed E-state index contributed by atoms with van der Waals surface area (Å²) in [4.78, 5) is 12.9. The topological polar surface area (TPSA) is 149 Å². The van der Waals surface area contributed by atoms with Crippen molar-refractivity contribution < 1.29 is 39.8 Å². The third-order valence-corrected chi connectivity index (χ3v) is 10.5. The van der Waals surface area contributed by atoms with E-state index in [2.05, 4.69) is 31.3 Å². The Hall–Kier alpha value is -1.33. The number of nitrogens with one attached hydrogen (secondary N) is 1. The quantitative estimate of drug-likeness (QED) is 0.0275. The van der Waals surface area contributed by atoms with Crippen molar-refractivity contribution in [1.29, 1.82) is 0 Å². The van der Waals surface area contributed by atoms with E-state index in [9.17, 15) is 30.3 Å². The lowest BCUT2D eigenvalue weighted by atomic mass is 9.99. The van der Waals surface area contributed by atoms with Gasteiger partial charge in [-0.25, -0.2) is 0 Å². The molecular weight excluding hydrogens is 670 g/mol. The molecular formula is C44H83NO8. The van der Waals surface area contributed by atoms with Crippen LogP contribution in [0.15, 0.2) is 24.3 Å². The van der Waals surface area contributed by atoms with Crippen LogP contribution in [-0.4, -0.2) is 87.5 Å². The Morgan fingerprint density at radius 1 is 0.623 bits per heavy atom. The van der Waals surface area contributed by atoms with Crippen molar-refractivity contribution in [1.82, 2.24) is 5.32 Å². The first-order valence-corrected chi connectivity index (χ1v) is 22.1. The minimum atomic E-state index is -1.56. The first-order valence-electron chi connectivity index (χ1n) is 22.1. The molecule has 1 aliphatic rings. The third kappa shape index (κ3) is 26.2. The minimum Gasteiger partial charge on any atom is -0.394 e. The molecule has 6 N–H and O–H groups in total. The second-order valence-electron chi connectivity index (χ2n) is 15.5. The number of allylic oxidation sites excluding steroid dienone is 3. The number of hydrogen-bond donors (Lipinski definition) is 6. The van der Waals surface area contributed by atoms with Gasteiger partial charge in [0.1, 0.15) is 24.4 Å². The van der Waals surface area contributed by atoms with Crippen LogP contribution in [-0.2, 0) is 14.3 Å². The van der Waals surface area contributed by atoms with E-state index >= 15 is 0 Å². The first kappa shape index (κ1) is 49.7. The smallest absolute Gasteiger partial charge is 0.220 e. The molecule has 0 saturated carbocycles. The lowest BCUT2D eigenvalue weighted by molar-refractivity contribution is -0.302. The molecule has 1 fully saturated rings. The highest BCUT2D eigenvalue weighted by Gasteiger charge is 2.44. The average molecular weight is 754 g/mol. The fourth-order valence-corrected chi connectivity index (χ4v) is 6.92. The number of aliphatic hydroxyl groups is 5. The molecule has 9 nitrogen and oxygen atoms in total. The van der Waals surface area contributed by atoms with Gasteiger partial charge in [-0.2, -0.15) is 0 Å². The van der Waals surface area contributed by atoms with Gasteiger partial charge in [0, 0.05) is 6.42 Å². The Balaban J connectivity index is 2.36. The molecule has 0 aliphatic carbocycles. The summed E-state index contributed by atoms with van der Waals surface area (Å²) < 4.78 is 11.2. The standard InChI is InChI=1S/C44H83NO8/c1-3-5-7-9-11-13-15-17-18-19-20-22-24-26-28-30-32-34-40(48)45-37(36-52-44-43(51)42(50)41(49)39(35-46)53-44)38(47)33-31-29-27-25-23-21-16-14-12-10-8-6-4-2/h8,10,31,33,37-39,41-44,46-47,49-51H,3-7,9,11-30,32,34-36H2,1-2H3,(H,45,48)/b10-8-,33-31+/t37-,38+,39+,41+,42-,43+,44+/m0/s1. The van der Waals surface area contributed by atoms with Crippen LogP contribution in [0.4, 0.5) is 0 Å². The van der Waals surface area contributed by atoms with Crippen LogP contribution >= 0.6 is 0 Å². The van der Waals surface area contributed by atoms with Gasteiger partial charge in [0.15, 0.2) is 6.29 Å². The number of unbranched alkanes of at least 4 members (excludes halogenated alkanes) is 24. The Morgan fingerprint density at radius 3 is 1.60 bits per heavy atom. The monoisotopic (exact) mass is 754 g/mol. The number of rotatable bonds is 36. The van der Waals surface area contributed by atoms with Gasteiger partial charge >= 0.3 is 0 Å². The van der Waals surface area contributed by atoms with Crippen LogP contribution in [0.1, 0.15) is 194 Å². The molecule has 312 valence electrons. The molecule has 1 heterocycles. The van der Waals surface area contributed by atoms with Crippen LogP contribution in [0.2, 0.25) is 0 Å². The fraction of sp³-hybridized carbons (Fsp3) is 0.886. The highest BCUT2D eigenvalue weighted by molar-refractivity contribution is 5.76. The molecule has 0 unspecified atom stereocenters. The summed E-state index contributed by atoms with van der Waals surface area (Å²) in [7, 11) is 0. The molecule has 0 aromatic rings. The van der Waals surface area contributed by atoms with E-state index in [1.807, 2.05) is 6.08 Å². The highest BCUT2D eigenvalue weighted by atomic mass is 16.7. The second kappa shape index (κ2) is 35.1. The molecule has 0 bridgehead atoms. The van der Waals surface area contributed by atoms with Crippen molar-refractivity contribution in [3.05, 3.63) is 24.3 Å². The van der Waals surface area contributed by atoms with E-state index in [1.54, 1.807) is 6.08 Å². The average Bonchev–Trinajstić information content (AvgIpc) is 3.16. The van der Waals surface area contributed by atoms with Crippen molar-refractivity contribution in [3.8, 4) is 0 Å². The van der Waals surface area contributed by atoms with Crippen molar-refractivity contribution in [2.75, 3.05) is 13.2 Å². The SMILES string of the molecule is CCC/C=C\CCCCCCCC/C=C/[C@@H](O)[C@H](CO[C@@H]1O[C@H](CO)[C@@H](O)[C@H](O)[C@H]1O)NC(=O)CCCCCCCCCCCCCCCCCCC. The molecule has 9 heteroatoms. The maximum absolute atomic E-state index is 12.9. The number of hydrogen-bond acceptors (Lipinski definition) is 8. The molecule has 53 heavy (non-hydrogen) atoms. The zero-order valence-corrected chi connectivity index (χ0v) is 34.0. The van der Waals surface area contributed by atoms with Gasteiger partial charge in [-0.15, -0.1) is 0 Å². The summed E-state index contributed by atoms with van der Waals surface area (Å²) in [5.74, 6) is -0.179. The van der Waals surface area contributed by atoms with Gasteiger partial charge in [-0.05, 0) is 38.5 Å². The Bertz CT molecular complexity index is 883. The van der Waals surface area contributed by atoms with Crippen LogP contribution < -0.4 is 5.32 Å². The van der Waals surface area contributed by atoms with Crippen LogP contribution in [0.3, 0.4) is 0 Å². The maximum atomic E-state index is 12.9. The van der Waals surface area contributed by atoms with E-state index in [0.717, 1.165) is 44.9 Å². The van der Waals surface area contributed by atoms with Gasteiger partial charge in [0.2, 0.25) is 5.91 Å². The molecule has 0 spiro atoms. The zero-order valence-electron chi connectivity index (χ0n) is 34.0. The maximum Gasteiger partial charge on any atom is 0.220 e. The predicted octanol–water partition coefficient (Wildman–Crippen LogP) is 8.72. The summed E-state index contributed by atoms with van der Waals surface area (Å²) in [6.45, 7) is 3.71. The van der Waals surface area contributed by atoms with Crippen LogP contribution in [0, 0.1) is 0 Å². The van der Waals surface area contributed by atoms with Crippen molar-refractivity contribution in [2.45, 2.75) is 236 Å². The largest absolute Gasteiger partial charge is 0.394 e. The Morgan fingerprint density at radius 2 is 1.09 bits per heavy atom. The lowest BCUT2D eigenvalue weighted by Crippen LogP contribution is -2.60. The molecule has 1 amide bonds. The summed E-state index contributed by atoms with van der Waals surface area (Å²) in [6, 6.07) is -0.803. The lowest BCUT2D eigenvalue weighted by Gasteiger charge is -2.40. The summed E-state index contributed by atoms with van der Waals surface area (Å²) in [5.41, 5.74) is 0. The van der Waals surface area contributed by atoms with Gasteiger partial charge in [-0.1, -0.05) is 173 Å². The van der Waals surface area contributed by atoms with Crippen molar-refractivity contribution in [3.63, 3.8) is 0 Å². The normalized spacial score (nSPS) is 21.8. The first-order chi connectivity index (χ1) is 25.8. The Kier molecular flexibility index (Phi) is 32.9. The Labute approximate surface area is 324 Å². The third-order valence-electron chi connectivity index (χ3n) is 10.5. The van der Waals surface area contributed by atoms with E-state index in [1.165, 1.54) is 128 Å². The summed E-state index contributed by atoms with van der Waals surface area (Å²) in [5, 5.41) is 54.1. The number of aliphatic hydroxyl groups excluding tert-OH is 5. The van der Waals surface area contributed by atoms with E-state index in [0.29, 0.717) is 6.42 Å². The summed E-state index contributed by atoms with van der Waals surface area (Å²) in [6.07, 6.45) is 33.6. The number of carbonyl (C=O) groups is 1. The van der Waals surface area contributed by atoms with Gasteiger partial charge < -0.3 is 40.3 Å². The zero-order chi connectivity index (χ0) is 38.8. The molecule has 1 aliphatic heterocycles. The molecule has 0 aromatic heterocycles. The van der Waals surface area contributed by atoms with Gasteiger partial charge in [0.25, 0.3) is 0 Å². The number of carbonyl (C=O) groups excluding carboxylic acids is 1. The van der Waals surface area contributed by atoms with E-state index in [4.69, 9.17) is 9.47 Å². The molecule has 1 saturated heterocycles. The molecule has 1 rings (SSSR count). The highest BCUT2D eigenvalue weighted by Crippen LogP contribution is 2.22. The van der Waals surface area contributed by atoms with Crippen molar-refractivity contribution in [2.24, 2.45) is 0 Å². The number of amides is 1. The van der Waals surface area contributed by atoms with Gasteiger partial charge in [0.05, 0.1) is 25.4 Å². The van der Waals surface area contributed by atoms with E-state index in [-0.39, 0.29) is 12.5 Å². The summed E-state index contributed by atoms with van der Waals surface area (Å²) >= 11 is 0. The molecule has 0 aromatic carbocycles. The van der Waals surface area contributed by atoms with Crippen LogP contribution in [0.5, 0.6) is 0 Å². The fourth-order valence-electron chi connectivity index (χ4n) is 6.92. The van der Waals surface area contributed by atoms with Gasteiger partial charge in [-0.3, -0.25) is 4.79 Å².